The first-order chi connectivity index (χ1) is 10.4. The van der Waals surface area contributed by atoms with Crippen molar-refractivity contribution < 1.29 is 4.52 Å². The summed E-state index contributed by atoms with van der Waals surface area (Å²) < 4.78 is 5.48. The van der Waals surface area contributed by atoms with E-state index in [1.807, 2.05) is 42.5 Å². The van der Waals surface area contributed by atoms with Crippen LogP contribution in [0, 0.1) is 0 Å². The van der Waals surface area contributed by atoms with Crippen molar-refractivity contribution >= 4 is 5.69 Å². The summed E-state index contributed by atoms with van der Waals surface area (Å²) in [6, 6.07) is 16.1. The first-order valence-electron chi connectivity index (χ1n) is 7.17. The van der Waals surface area contributed by atoms with E-state index in [0.29, 0.717) is 11.7 Å². The highest BCUT2D eigenvalue weighted by molar-refractivity contribution is 5.70. The Bertz CT molecular complexity index is 765. The molecule has 0 spiro atoms. The molecule has 4 rings (SSSR count). The summed E-state index contributed by atoms with van der Waals surface area (Å²) in [7, 11) is 0. The molecule has 0 aliphatic carbocycles. The third-order valence-electron chi connectivity index (χ3n) is 3.78. The van der Waals surface area contributed by atoms with E-state index in [1.165, 1.54) is 11.3 Å². The predicted molar refractivity (Wildman–Crippen MR) is 82.0 cm³/mol. The lowest BCUT2D eigenvalue weighted by molar-refractivity contribution is 0.432. The van der Waals surface area contributed by atoms with Gasteiger partial charge in [0.2, 0.25) is 5.82 Å². The predicted octanol–water partition coefficient (Wildman–Crippen LogP) is 3.76. The van der Waals surface area contributed by atoms with Gasteiger partial charge < -0.3 is 9.84 Å². The summed E-state index contributed by atoms with van der Waals surface area (Å²) >= 11 is 0. The van der Waals surface area contributed by atoms with Gasteiger partial charge in [0.15, 0.2) is 0 Å². The number of benzene rings is 2. The summed E-state index contributed by atoms with van der Waals surface area (Å²) in [5.41, 5.74) is 4.45. The van der Waals surface area contributed by atoms with Crippen molar-refractivity contribution in [2.24, 2.45) is 0 Å². The Balaban J connectivity index is 1.77. The third-order valence-corrected chi connectivity index (χ3v) is 3.78. The molecule has 2 heterocycles. The monoisotopic (exact) mass is 277 g/mol. The van der Waals surface area contributed by atoms with Crippen LogP contribution >= 0.6 is 0 Å². The van der Waals surface area contributed by atoms with Gasteiger partial charge in [-0.2, -0.15) is 4.98 Å². The zero-order valence-electron chi connectivity index (χ0n) is 11.5. The normalized spacial score (nSPS) is 13.5. The fourth-order valence-corrected chi connectivity index (χ4v) is 2.75. The van der Waals surface area contributed by atoms with Crippen LogP contribution in [-0.2, 0) is 6.42 Å². The summed E-state index contributed by atoms with van der Waals surface area (Å²) in [5, 5.41) is 7.53. The van der Waals surface area contributed by atoms with E-state index in [2.05, 4.69) is 21.5 Å². The number of hydrogen-bond donors (Lipinski definition) is 1. The summed E-state index contributed by atoms with van der Waals surface area (Å²) in [6.07, 6.45) is 2.17. The van der Waals surface area contributed by atoms with Gasteiger partial charge in [-0.1, -0.05) is 41.6 Å². The Kier molecular flexibility index (Phi) is 2.92. The second-order valence-corrected chi connectivity index (χ2v) is 5.15. The molecule has 0 fully saturated rings. The molecule has 0 atom stereocenters. The lowest BCUT2D eigenvalue weighted by Crippen LogP contribution is -2.12. The van der Waals surface area contributed by atoms with Crippen LogP contribution in [0.15, 0.2) is 53.1 Å². The molecule has 0 bridgehead atoms. The molecule has 1 aliphatic rings. The van der Waals surface area contributed by atoms with Gasteiger partial charge in [-0.3, -0.25) is 0 Å². The van der Waals surface area contributed by atoms with Crippen LogP contribution in [-0.4, -0.2) is 16.7 Å². The van der Waals surface area contributed by atoms with Crippen molar-refractivity contribution in [2.45, 2.75) is 12.8 Å². The summed E-state index contributed by atoms with van der Waals surface area (Å²) in [5.74, 6) is 1.22. The van der Waals surface area contributed by atoms with Crippen molar-refractivity contribution in [1.82, 2.24) is 10.1 Å². The molecule has 3 aromatic rings. The number of nitrogens with one attached hydrogen (secondary N) is 1. The first kappa shape index (κ1) is 12.1. The van der Waals surface area contributed by atoms with E-state index in [9.17, 15) is 0 Å². The van der Waals surface area contributed by atoms with Crippen LogP contribution < -0.4 is 5.32 Å². The van der Waals surface area contributed by atoms with Crippen LogP contribution in [0.2, 0.25) is 0 Å². The number of aromatic nitrogens is 2. The second kappa shape index (κ2) is 5.05. The molecule has 0 amide bonds. The van der Waals surface area contributed by atoms with E-state index in [-0.39, 0.29) is 0 Å². The van der Waals surface area contributed by atoms with Crippen LogP contribution in [0.3, 0.4) is 0 Å². The molecule has 1 aliphatic heterocycles. The Morgan fingerprint density at radius 2 is 1.90 bits per heavy atom. The standard InChI is InChI=1S/C17H15N3O/c1-2-6-12(7-3-1)16-19-17(21-20-16)14-8-4-10-15-13(14)9-5-11-18-15/h1-4,6-8,10,18H,5,9,11H2. The van der Waals surface area contributed by atoms with Crippen LogP contribution in [0.5, 0.6) is 0 Å². The maximum Gasteiger partial charge on any atom is 0.258 e. The van der Waals surface area contributed by atoms with Gasteiger partial charge in [-0.05, 0) is 30.5 Å². The number of anilines is 1. The number of fused-ring (bicyclic) bond motifs is 1. The average molecular weight is 277 g/mol. The molecule has 21 heavy (non-hydrogen) atoms. The number of hydrogen-bond acceptors (Lipinski definition) is 4. The van der Waals surface area contributed by atoms with Crippen molar-refractivity contribution in [1.29, 1.82) is 0 Å². The molecule has 4 heteroatoms. The lowest BCUT2D eigenvalue weighted by atomic mass is 9.97. The maximum absolute atomic E-state index is 5.48. The highest BCUT2D eigenvalue weighted by atomic mass is 16.5. The van der Waals surface area contributed by atoms with Gasteiger partial charge in [-0.25, -0.2) is 0 Å². The second-order valence-electron chi connectivity index (χ2n) is 5.15. The average Bonchev–Trinajstić information content (AvgIpc) is 3.05. The van der Waals surface area contributed by atoms with E-state index in [1.54, 1.807) is 0 Å². The molecule has 0 saturated carbocycles. The van der Waals surface area contributed by atoms with Gasteiger partial charge in [-0.15, -0.1) is 0 Å². The van der Waals surface area contributed by atoms with Crippen molar-refractivity contribution in [3.8, 4) is 22.8 Å². The van der Waals surface area contributed by atoms with Gasteiger partial charge in [0, 0.05) is 23.4 Å². The zero-order valence-corrected chi connectivity index (χ0v) is 11.5. The topological polar surface area (TPSA) is 51.0 Å². The minimum absolute atomic E-state index is 0.592. The lowest BCUT2D eigenvalue weighted by Gasteiger charge is -2.19. The van der Waals surface area contributed by atoms with E-state index in [4.69, 9.17) is 4.52 Å². The minimum atomic E-state index is 0.592. The Labute approximate surface area is 122 Å². The van der Waals surface area contributed by atoms with Gasteiger partial charge >= 0.3 is 0 Å². The van der Waals surface area contributed by atoms with Gasteiger partial charge in [0.1, 0.15) is 0 Å². The highest BCUT2D eigenvalue weighted by Crippen LogP contribution is 2.32. The first-order valence-corrected chi connectivity index (χ1v) is 7.17. The van der Waals surface area contributed by atoms with Crippen LogP contribution in [0.1, 0.15) is 12.0 Å². The van der Waals surface area contributed by atoms with Gasteiger partial charge in [0.05, 0.1) is 0 Å². The van der Waals surface area contributed by atoms with Crippen LogP contribution in [0.4, 0.5) is 5.69 Å². The quantitative estimate of drug-likeness (QED) is 0.775. The molecule has 0 unspecified atom stereocenters. The third kappa shape index (κ3) is 2.18. The largest absolute Gasteiger partial charge is 0.385 e. The zero-order chi connectivity index (χ0) is 14.1. The van der Waals surface area contributed by atoms with Crippen LogP contribution in [0.25, 0.3) is 22.8 Å². The van der Waals surface area contributed by atoms with Crippen molar-refractivity contribution in [3.05, 3.63) is 54.1 Å². The Hall–Kier alpha value is -2.62. The van der Waals surface area contributed by atoms with E-state index in [0.717, 1.165) is 30.5 Å². The number of rotatable bonds is 2. The molecule has 2 aromatic carbocycles. The molecule has 4 nitrogen and oxygen atoms in total. The smallest absolute Gasteiger partial charge is 0.258 e. The number of nitrogens with zero attached hydrogens (tertiary/aromatic N) is 2. The van der Waals surface area contributed by atoms with Crippen molar-refractivity contribution in [2.75, 3.05) is 11.9 Å². The molecule has 1 N–H and O–H groups in total. The van der Waals surface area contributed by atoms with Gasteiger partial charge in [0.25, 0.3) is 5.89 Å². The molecular formula is C17H15N3O. The SMILES string of the molecule is c1ccc(-c2noc(-c3cccc4c3CCCN4)n2)cc1. The Morgan fingerprint density at radius 3 is 2.81 bits per heavy atom. The summed E-state index contributed by atoms with van der Waals surface area (Å²) in [6.45, 7) is 1.02. The minimum Gasteiger partial charge on any atom is -0.385 e. The molecule has 1 aromatic heterocycles. The van der Waals surface area contributed by atoms with E-state index < -0.39 is 0 Å². The highest BCUT2D eigenvalue weighted by Gasteiger charge is 2.18. The molecule has 0 saturated heterocycles. The van der Waals surface area contributed by atoms with Crippen molar-refractivity contribution in [3.63, 3.8) is 0 Å². The molecule has 104 valence electrons. The molecule has 0 radical (unpaired) electrons. The molecular weight excluding hydrogens is 262 g/mol. The van der Waals surface area contributed by atoms with E-state index >= 15 is 0 Å². The fraction of sp³-hybridized carbons (Fsp3) is 0.176. The Morgan fingerprint density at radius 1 is 1.00 bits per heavy atom. The summed E-state index contributed by atoms with van der Waals surface area (Å²) in [4.78, 5) is 4.55. The fourth-order valence-electron chi connectivity index (χ4n) is 2.75. The maximum atomic E-state index is 5.48.